The maximum atomic E-state index is 11.5. The molecule has 0 bridgehead atoms. The lowest BCUT2D eigenvalue weighted by atomic mass is 10.1. The molecule has 4 heteroatoms. The van der Waals surface area contributed by atoms with Gasteiger partial charge in [0.1, 0.15) is 5.75 Å². The van der Waals surface area contributed by atoms with E-state index in [1.54, 1.807) is 0 Å². The van der Waals surface area contributed by atoms with Crippen molar-refractivity contribution >= 4 is 5.91 Å². The number of aryl methyl sites for hydroxylation is 3. The van der Waals surface area contributed by atoms with Crippen molar-refractivity contribution in [2.45, 2.75) is 34.6 Å². The van der Waals surface area contributed by atoms with E-state index in [1.807, 2.05) is 46.8 Å². The molecule has 19 heavy (non-hydrogen) atoms. The molecule has 1 N–H and O–H groups in total. The van der Waals surface area contributed by atoms with Crippen LogP contribution in [-0.4, -0.2) is 19.1 Å². The van der Waals surface area contributed by atoms with Crippen LogP contribution in [0.3, 0.4) is 0 Å². The predicted molar refractivity (Wildman–Crippen MR) is 75.1 cm³/mol. The minimum atomic E-state index is -0.278. The summed E-state index contributed by atoms with van der Waals surface area (Å²) in [4.78, 5) is 16.6. The molecule has 0 spiro atoms. The van der Waals surface area contributed by atoms with E-state index in [1.165, 1.54) is 5.56 Å². The zero-order valence-corrected chi connectivity index (χ0v) is 12.4. The van der Waals surface area contributed by atoms with Crippen LogP contribution in [0.5, 0.6) is 5.75 Å². The third-order valence-electron chi connectivity index (χ3n) is 2.55. The molecular formula is C15H23NO3. The molecule has 0 aliphatic rings. The summed E-state index contributed by atoms with van der Waals surface area (Å²) < 4.78 is 5.55. The van der Waals surface area contributed by atoms with E-state index in [9.17, 15) is 4.79 Å². The van der Waals surface area contributed by atoms with Crippen molar-refractivity contribution in [1.29, 1.82) is 0 Å². The molecule has 4 nitrogen and oxygen atoms in total. The van der Waals surface area contributed by atoms with Crippen molar-refractivity contribution < 1.29 is 14.4 Å². The van der Waals surface area contributed by atoms with Crippen molar-refractivity contribution in [2.75, 3.05) is 13.2 Å². The predicted octanol–water partition coefficient (Wildman–Crippen LogP) is 2.69. The standard InChI is InChI=1S/C15H23NO3/c1-10(2)8-19-16-14(17)9-18-15-12(4)6-11(3)7-13(15)5/h6-7,10H,8-9H2,1-5H3,(H,16,17). The number of carbonyl (C=O) groups is 1. The van der Waals surface area contributed by atoms with Gasteiger partial charge in [-0.25, -0.2) is 5.48 Å². The number of nitrogens with one attached hydrogen (secondary N) is 1. The van der Waals surface area contributed by atoms with Gasteiger partial charge in [0, 0.05) is 0 Å². The second-order valence-corrected chi connectivity index (χ2v) is 5.25. The molecule has 1 rings (SSSR count). The molecule has 0 saturated carbocycles. The van der Waals surface area contributed by atoms with Gasteiger partial charge in [0.2, 0.25) is 0 Å². The van der Waals surface area contributed by atoms with Crippen LogP contribution < -0.4 is 10.2 Å². The van der Waals surface area contributed by atoms with E-state index in [0.29, 0.717) is 12.5 Å². The Morgan fingerprint density at radius 1 is 1.21 bits per heavy atom. The first-order chi connectivity index (χ1) is 8.90. The van der Waals surface area contributed by atoms with Crippen LogP contribution in [-0.2, 0) is 9.63 Å². The maximum Gasteiger partial charge on any atom is 0.281 e. The van der Waals surface area contributed by atoms with Crippen molar-refractivity contribution in [2.24, 2.45) is 5.92 Å². The monoisotopic (exact) mass is 265 g/mol. The van der Waals surface area contributed by atoms with Gasteiger partial charge < -0.3 is 4.74 Å². The Hall–Kier alpha value is -1.55. The number of hydrogen-bond donors (Lipinski definition) is 1. The summed E-state index contributed by atoms with van der Waals surface area (Å²) >= 11 is 0. The van der Waals surface area contributed by atoms with Crippen LogP contribution >= 0.6 is 0 Å². The molecule has 106 valence electrons. The zero-order chi connectivity index (χ0) is 14.4. The second-order valence-electron chi connectivity index (χ2n) is 5.25. The quantitative estimate of drug-likeness (QED) is 0.804. The lowest BCUT2D eigenvalue weighted by Gasteiger charge is -2.13. The first kappa shape index (κ1) is 15.5. The number of ether oxygens (including phenoxy) is 1. The normalized spacial score (nSPS) is 10.6. The molecule has 1 amide bonds. The fourth-order valence-electron chi connectivity index (χ4n) is 1.85. The average Bonchev–Trinajstić information content (AvgIpc) is 2.26. The van der Waals surface area contributed by atoms with Crippen LogP contribution in [0, 0.1) is 26.7 Å². The van der Waals surface area contributed by atoms with Crippen LogP contribution in [0.1, 0.15) is 30.5 Å². The molecule has 1 aromatic carbocycles. The van der Waals surface area contributed by atoms with Gasteiger partial charge in [-0.2, -0.15) is 0 Å². The van der Waals surface area contributed by atoms with Crippen molar-refractivity contribution in [1.82, 2.24) is 5.48 Å². The van der Waals surface area contributed by atoms with E-state index < -0.39 is 0 Å². The summed E-state index contributed by atoms with van der Waals surface area (Å²) in [5.41, 5.74) is 5.63. The van der Waals surface area contributed by atoms with Crippen LogP contribution in [0.2, 0.25) is 0 Å². The van der Waals surface area contributed by atoms with Crippen molar-refractivity contribution in [3.8, 4) is 5.75 Å². The highest BCUT2D eigenvalue weighted by Gasteiger charge is 2.08. The minimum Gasteiger partial charge on any atom is -0.483 e. The van der Waals surface area contributed by atoms with Gasteiger partial charge in [0.05, 0.1) is 6.61 Å². The average molecular weight is 265 g/mol. The van der Waals surface area contributed by atoms with Crippen LogP contribution in [0.4, 0.5) is 0 Å². The first-order valence-corrected chi connectivity index (χ1v) is 6.51. The summed E-state index contributed by atoms with van der Waals surface area (Å²) in [5, 5.41) is 0. The molecule has 0 radical (unpaired) electrons. The number of benzene rings is 1. The number of rotatable bonds is 6. The largest absolute Gasteiger partial charge is 0.483 e. The minimum absolute atomic E-state index is 0.0389. The fraction of sp³-hybridized carbons (Fsp3) is 0.533. The summed E-state index contributed by atoms with van der Waals surface area (Å²) in [6.07, 6.45) is 0. The SMILES string of the molecule is Cc1cc(C)c(OCC(=O)NOCC(C)C)c(C)c1. The summed E-state index contributed by atoms with van der Waals surface area (Å²) in [6, 6.07) is 4.07. The van der Waals surface area contributed by atoms with E-state index in [2.05, 4.69) is 5.48 Å². The van der Waals surface area contributed by atoms with Gasteiger partial charge in [-0.3, -0.25) is 9.63 Å². The number of hydrogen-bond acceptors (Lipinski definition) is 3. The molecule has 0 aliphatic carbocycles. The Kier molecular flexibility index (Phi) is 5.83. The highest BCUT2D eigenvalue weighted by molar-refractivity contribution is 5.76. The Bertz CT molecular complexity index is 418. The highest BCUT2D eigenvalue weighted by atomic mass is 16.7. The first-order valence-electron chi connectivity index (χ1n) is 6.51. The van der Waals surface area contributed by atoms with E-state index in [-0.39, 0.29) is 12.5 Å². The Labute approximate surface area is 115 Å². The molecule has 1 aromatic rings. The molecule has 0 aliphatic heterocycles. The summed E-state index contributed by atoms with van der Waals surface area (Å²) in [5.74, 6) is 0.868. The Balaban J connectivity index is 2.46. The lowest BCUT2D eigenvalue weighted by Crippen LogP contribution is -2.30. The smallest absolute Gasteiger partial charge is 0.281 e. The van der Waals surface area contributed by atoms with Crippen LogP contribution in [0.25, 0.3) is 0 Å². The third kappa shape index (κ3) is 5.30. The molecule has 0 atom stereocenters. The van der Waals surface area contributed by atoms with Gasteiger partial charge in [-0.15, -0.1) is 0 Å². The maximum absolute atomic E-state index is 11.5. The lowest BCUT2D eigenvalue weighted by molar-refractivity contribution is -0.136. The second kappa shape index (κ2) is 7.14. The fourth-order valence-corrected chi connectivity index (χ4v) is 1.85. The number of carbonyl (C=O) groups excluding carboxylic acids is 1. The van der Waals surface area contributed by atoms with Gasteiger partial charge in [0.25, 0.3) is 5.91 Å². The molecular weight excluding hydrogens is 242 g/mol. The zero-order valence-electron chi connectivity index (χ0n) is 12.4. The van der Waals surface area contributed by atoms with E-state index >= 15 is 0 Å². The molecule has 0 aromatic heterocycles. The van der Waals surface area contributed by atoms with Crippen molar-refractivity contribution in [3.63, 3.8) is 0 Å². The number of amides is 1. The number of hydroxylamine groups is 1. The Morgan fingerprint density at radius 2 is 1.79 bits per heavy atom. The molecule has 0 fully saturated rings. The van der Waals surface area contributed by atoms with Gasteiger partial charge >= 0.3 is 0 Å². The Morgan fingerprint density at radius 3 is 2.32 bits per heavy atom. The van der Waals surface area contributed by atoms with E-state index in [0.717, 1.165) is 16.9 Å². The molecule has 0 heterocycles. The topological polar surface area (TPSA) is 47.6 Å². The summed E-state index contributed by atoms with van der Waals surface area (Å²) in [6.45, 7) is 10.5. The van der Waals surface area contributed by atoms with Crippen LogP contribution in [0.15, 0.2) is 12.1 Å². The van der Waals surface area contributed by atoms with Crippen molar-refractivity contribution in [3.05, 3.63) is 28.8 Å². The molecule has 0 unspecified atom stereocenters. The van der Waals surface area contributed by atoms with Gasteiger partial charge in [0.15, 0.2) is 6.61 Å². The highest BCUT2D eigenvalue weighted by Crippen LogP contribution is 2.24. The third-order valence-corrected chi connectivity index (χ3v) is 2.55. The summed E-state index contributed by atoms with van der Waals surface area (Å²) in [7, 11) is 0. The van der Waals surface area contributed by atoms with Gasteiger partial charge in [-0.05, 0) is 37.8 Å². The molecule has 0 saturated heterocycles. The van der Waals surface area contributed by atoms with E-state index in [4.69, 9.17) is 9.57 Å². The van der Waals surface area contributed by atoms with Gasteiger partial charge in [-0.1, -0.05) is 31.5 Å².